The summed E-state index contributed by atoms with van der Waals surface area (Å²) in [6.07, 6.45) is 8.16. The summed E-state index contributed by atoms with van der Waals surface area (Å²) in [5.74, 6) is 3.55. The van der Waals surface area contributed by atoms with E-state index in [0.29, 0.717) is 18.2 Å². The van der Waals surface area contributed by atoms with Gasteiger partial charge in [-0.1, -0.05) is 19.0 Å². The molecule has 2 heterocycles. The van der Waals surface area contributed by atoms with Crippen LogP contribution < -0.4 is 0 Å². The maximum Gasteiger partial charge on any atom is 0.231 e. The van der Waals surface area contributed by atoms with Crippen molar-refractivity contribution in [3.63, 3.8) is 0 Å². The number of rotatable bonds is 3. The highest BCUT2D eigenvalue weighted by Gasteiger charge is 2.28. The van der Waals surface area contributed by atoms with Crippen molar-refractivity contribution in [1.29, 1.82) is 0 Å². The van der Waals surface area contributed by atoms with Gasteiger partial charge in [0, 0.05) is 19.2 Å². The van der Waals surface area contributed by atoms with Crippen LogP contribution in [0.5, 0.6) is 0 Å². The predicted molar refractivity (Wildman–Crippen MR) is 75.2 cm³/mol. The molecule has 1 fully saturated rings. The number of aromatic nitrogens is 4. The summed E-state index contributed by atoms with van der Waals surface area (Å²) >= 11 is 0. The Hall–Kier alpha value is -1.65. The van der Waals surface area contributed by atoms with Crippen molar-refractivity contribution in [1.82, 2.24) is 19.9 Å². The number of hydrogen-bond donors (Lipinski definition) is 0. The molecule has 1 aliphatic rings. The minimum absolute atomic E-state index is 0.458. The Bertz CT molecular complexity index is 564. The van der Waals surface area contributed by atoms with Crippen LogP contribution in [0.3, 0.4) is 0 Å². The molecule has 0 unspecified atom stereocenters. The molecule has 0 N–H and O–H groups in total. The average Bonchev–Trinajstić information content (AvgIpc) is 2.98. The van der Waals surface area contributed by atoms with E-state index >= 15 is 0 Å². The van der Waals surface area contributed by atoms with E-state index in [1.54, 1.807) is 4.68 Å². The second kappa shape index (κ2) is 5.38. The highest BCUT2D eigenvalue weighted by Crippen LogP contribution is 2.37. The molecular weight excluding hydrogens is 252 g/mol. The number of aryl methyl sites for hydroxylation is 1. The normalized spacial score (nSPS) is 26.9. The van der Waals surface area contributed by atoms with Gasteiger partial charge >= 0.3 is 0 Å². The molecule has 0 radical (unpaired) electrons. The molecule has 1 saturated carbocycles. The molecule has 0 saturated heterocycles. The first-order valence-electron chi connectivity index (χ1n) is 7.40. The van der Waals surface area contributed by atoms with Crippen LogP contribution in [0.4, 0.5) is 0 Å². The molecule has 108 valence electrons. The van der Waals surface area contributed by atoms with E-state index in [9.17, 15) is 0 Å². The Morgan fingerprint density at radius 1 is 1.25 bits per heavy atom. The minimum Gasteiger partial charge on any atom is -0.339 e. The van der Waals surface area contributed by atoms with Crippen molar-refractivity contribution in [3.8, 4) is 0 Å². The Morgan fingerprint density at radius 2 is 2.00 bits per heavy atom. The van der Waals surface area contributed by atoms with E-state index in [4.69, 9.17) is 4.52 Å². The van der Waals surface area contributed by atoms with E-state index in [2.05, 4.69) is 29.1 Å². The van der Waals surface area contributed by atoms with Crippen molar-refractivity contribution in [2.45, 2.75) is 45.4 Å². The Kier molecular flexibility index (Phi) is 3.59. The van der Waals surface area contributed by atoms with Gasteiger partial charge in [-0.15, -0.1) is 0 Å². The second-order valence-electron chi connectivity index (χ2n) is 6.36. The first-order valence-corrected chi connectivity index (χ1v) is 7.40. The zero-order valence-corrected chi connectivity index (χ0v) is 12.4. The number of nitrogens with zero attached hydrogens (tertiary/aromatic N) is 4. The van der Waals surface area contributed by atoms with Gasteiger partial charge in [0.05, 0.1) is 12.6 Å². The van der Waals surface area contributed by atoms with Crippen molar-refractivity contribution in [2.24, 2.45) is 18.9 Å². The maximum absolute atomic E-state index is 5.40. The molecule has 1 aliphatic carbocycles. The summed E-state index contributed by atoms with van der Waals surface area (Å²) in [5, 5.41) is 8.35. The molecule has 5 heteroatoms. The SMILES string of the molecule is C[C@@H]1CC(c2noc(Cc3cnn(C)c3)n2)C[C@@H](C)C1. The summed E-state index contributed by atoms with van der Waals surface area (Å²) in [4.78, 5) is 4.59. The third kappa shape index (κ3) is 2.92. The fraction of sp³-hybridized carbons (Fsp3) is 0.667. The van der Waals surface area contributed by atoms with Crippen molar-refractivity contribution in [3.05, 3.63) is 29.7 Å². The monoisotopic (exact) mass is 274 g/mol. The van der Waals surface area contributed by atoms with Gasteiger partial charge < -0.3 is 4.52 Å². The second-order valence-corrected chi connectivity index (χ2v) is 6.36. The van der Waals surface area contributed by atoms with Crippen LogP contribution in [0.15, 0.2) is 16.9 Å². The highest BCUT2D eigenvalue weighted by molar-refractivity contribution is 5.10. The fourth-order valence-electron chi connectivity index (χ4n) is 3.40. The zero-order chi connectivity index (χ0) is 14.1. The standard InChI is InChI=1S/C15H22N4O/c1-10-4-11(2)6-13(5-10)15-17-14(20-18-15)7-12-8-16-19(3)9-12/h8-11,13H,4-7H2,1-3H3/t10-,11-/m0/s1. The summed E-state index contributed by atoms with van der Waals surface area (Å²) in [5.41, 5.74) is 1.10. The smallest absolute Gasteiger partial charge is 0.231 e. The molecule has 0 spiro atoms. The van der Waals surface area contributed by atoms with Crippen LogP contribution in [-0.4, -0.2) is 19.9 Å². The van der Waals surface area contributed by atoms with Crippen LogP contribution in [0.25, 0.3) is 0 Å². The van der Waals surface area contributed by atoms with Crippen LogP contribution >= 0.6 is 0 Å². The lowest BCUT2D eigenvalue weighted by molar-refractivity contribution is 0.257. The zero-order valence-electron chi connectivity index (χ0n) is 12.4. The molecule has 2 aromatic rings. The third-order valence-corrected chi connectivity index (χ3v) is 4.14. The first-order chi connectivity index (χ1) is 9.60. The van der Waals surface area contributed by atoms with Gasteiger partial charge in [0.15, 0.2) is 5.82 Å². The van der Waals surface area contributed by atoms with Gasteiger partial charge in [-0.2, -0.15) is 10.1 Å². The fourth-order valence-corrected chi connectivity index (χ4v) is 3.40. The molecule has 2 aromatic heterocycles. The van der Waals surface area contributed by atoms with Gasteiger partial charge in [-0.3, -0.25) is 4.68 Å². The largest absolute Gasteiger partial charge is 0.339 e. The van der Waals surface area contributed by atoms with E-state index in [-0.39, 0.29) is 0 Å². The Labute approximate surface area is 119 Å². The summed E-state index contributed by atoms with van der Waals surface area (Å²) in [6, 6.07) is 0. The quantitative estimate of drug-likeness (QED) is 0.863. The molecule has 0 aliphatic heterocycles. The first kappa shape index (κ1) is 13.3. The van der Waals surface area contributed by atoms with Gasteiger partial charge in [-0.05, 0) is 36.7 Å². The van der Waals surface area contributed by atoms with Gasteiger partial charge in [0.25, 0.3) is 0 Å². The van der Waals surface area contributed by atoms with Crippen molar-refractivity contribution < 1.29 is 4.52 Å². The molecular formula is C15H22N4O. The molecule has 20 heavy (non-hydrogen) atoms. The topological polar surface area (TPSA) is 56.7 Å². The lowest BCUT2D eigenvalue weighted by Gasteiger charge is -2.29. The van der Waals surface area contributed by atoms with Crippen LogP contribution in [0.2, 0.25) is 0 Å². The van der Waals surface area contributed by atoms with E-state index in [1.807, 2.05) is 19.4 Å². The van der Waals surface area contributed by atoms with Crippen LogP contribution in [0.1, 0.15) is 56.3 Å². The Morgan fingerprint density at radius 3 is 2.65 bits per heavy atom. The maximum atomic E-state index is 5.40. The molecule has 0 bridgehead atoms. The Balaban J connectivity index is 1.70. The predicted octanol–water partition coefficient (Wildman–Crippen LogP) is 2.93. The van der Waals surface area contributed by atoms with Gasteiger partial charge in [0.2, 0.25) is 5.89 Å². The van der Waals surface area contributed by atoms with E-state index < -0.39 is 0 Å². The van der Waals surface area contributed by atoms with E-state index in [1.165, 1.54) is 19.3 Å². The lowest BCUT2D eigenvalue weighted by Crippen LogP contribution is -2.19. The van der Waals surface area contributed by atoms with E-state index in [0.717, 1.165) is 23.2 Å². The molecule has 5 nitrogen and oxygen atoms in total. The summed E-state index contributed by atoms with van der Waals surface area (Å²) in [7, 11) is 1.91. The molecule has 2 atom stereocenters. The van der Waals surface area contributed by atoms with Gasteiger partial charge in [0.1, 0.15) is 0 Å². The van der Waals surface area contributed by atoms with Crippen LogP contribution in [0, 0.1) is 11.8 Å². The molecule has 0 aromatic carbocycles. The van der Waals surface area contributed by atoms with Crippen molar-refractivity contribution in [2.75, 3.05) is 0 Å². The number of hydrogen-bond acceptors (Lipinski definition) is 4. The third-order valence-electron chi connectivity index (χ3n) is 4.14. The summed E-state index contributed by atoms with van der Waals surface area (Å²) in [6.45, 7) is 4.64. The van der Waals surface area contributed by atoms with Crippen LogP contribution in [-0.2, 0) is 13.5 Å². The molecule has 3 rings (SSSR count). The minimum atomic E-state index is 0.458. The lowest BCUT2D eigenvalue weighted by atomic mass is 9.76. The molecule has 0 amide bonds. The average molecular weight is 274 g/mol. The summed E-state index contributed by atoms with van der Waals surface area (Å²) < 4.78 is 7.19. The van der Waals surface area contributed by atoms with Gasteiger partial charge in [-0.25, -0.2) is 0 Å². The van der Waals surface area contributed by atoms with Crippen molar-refractivity contribution >= 4 is 0 Å². The highest BCUT2D eigenvalue weighted by atomic mass is 16.5.